The second kappa shape index (κ2) is 11.4. The molecule has 30 heavy (non-hydrogen) atoms. The zero-order valence-corrected chi connectivity index (χ0v) is 21.4. The van der Waals surface area contributed by atoms with Gasteiger partial charge in [-0.15, -0.1) is 35.3 Å². The number of sulfonamides is 1. The molecule has 2 N–H and O–H groups in total. The van der Waals surface area contributed by atoms with Gasteiger partial charge in [0.15, 0.2) is 5.96 Å². The second-order valence-corrected chi connectivity index (χ2v) is 10.1. The number of rotatable bonds is 7. The Morgan fingerprint density at radius 2 is 2.00 bits per heavy atom. The first-order chi connectivity index (χ1) is 13.9. The van der Waals surface area contributed by atoms with E-state index in [1.807, 2.05) is 19.9 Å². The standard InChI is InChI=1S/C18H28N6O3S2.HI/c1-14-12-17(15(2)28-14)29(25,26)21-6-5-20-18(19-3)24-9-7-23(8-10-24)13-16-4-11-27-22-16;/h4,11-12,21H,5-10,13H2,1-3H3,(H,19,20);1H. The summed E-state index contributed by atoms with van der Waals surface area (Å²) in [5, 5.41) is 7.21. The van der Waals surface area contributed by atoms with Crippen LogP contribution >= 0.6 is 35.3 Å². The minimum atomic E-state index is -3.49. The average molecular weight is 569 g/mol. The molecule has 3 heterocycles. The highest BCUT2D eigenvalue weighted by Crippen LogP contribution is 2.24. The molecular formula is C18H29IN6O3S2. The number of halogens is 1. The molecule has 0 saturated carbocycles. The summed E-state index contributed by atoms with van der Waals surface area (Å²) < 4.78 is 32.5. The Hall–Kier alpha value is -1.22. The van der Waals surface area contributed by atoms with Gasteiger partial charge in [0.1, 0.15) is 6.26 Å². The van der Waals surface area contributed by atoms with Gasteiger partial charge in [-0.25, -0.2) is 13.1 Å². The Morgan fingerprint density at radius 1 is 1.27 bits per heavy atom. The fourth-order valence-electron chi connectivity index (χ4n) is 3.31. The molecule has 3 rings (SSSR count). The van der Waals surface area contributed by atoms with Crippen LogP contribution in [0.25, 0.3) is 0 Å². The summed E-state index contributed by atoms with van der Waals surface area (Å²) in [7, 11) is -1.74. The van der Waals surface area contributed by atoms with Crippen LogP contribution in [0.15, 0.2) is 32.8 Å². The summed E-state index contributed by atoms with van der Waals surface area (Å²) in [5.74, 6) is 0.785. The van der Waals surface area contributed by atoms with E-state index >= 15 is 0 Å². The summed E-state index contributed by atoms with van der Waals surface area (Å²) in [6.45, 7) is 8.76. The number of thiophene rings is 1. The van der Waals surface area contributed by atoms with Crippen molar-refractivity contribution in [2.24, 2.45) is 4.99 Å². The summed E-state index contributed by atoms with van der Waals surface area (Å²) in [4.78, 5) is 11.0. The predicted octanol–water partition coefficient (Wildman–Crippen LogP) is 1.64. The van der Waals surface area contributed by atoms with Crippen molar-refractivity contribution in [1.29, 1.82) is 0 Å². The molecule has 1 saturated heterocycles. The molecule has 0 amide bonds. The van der Waals surface area contributed by atoms with E-state index in [0.29, 0.717) is 18.0 Å². The SMILES string of the molecule is CN=C(NCCNS(=O)(=O)c1cc(C)sc1C)N1CCN(Cc2ccon2)CC1.I. The summed E-state index contributed by atoms with van der Waals surface area (Å²) in [5.41, 5.74) is 0.935. The number of nitrogens with zero attached hydrogens (tertiary/aromatic N) is 4. The normalized spacial score (nSPS) is 15.8. The first kappa shape index (κ1) is 25.0. The van der Waals surface area contributed by atoms with Gasteiger partial charge < -0.3 is 14.7 Å². The van der Waals surface area contributed by atoms with Gasteiger partial charge in [0.25, 0.3) is 0 Å². The van der Waals surface area contributed by atoms with Crippen molar-refractivity contribution in [3.63, 3.8) is 0 Å². The Balaban J connectivity index is 0.00000320. The lowest BCUT2D eigenvalue weighted by atomic mass is 10.3. The topological polar surface area (TPSA) is 103 Å². The molecule has 1 aliphatic heterocycles. The van der Waals surface area contributed by atoms with Crippen LogP contribution in [0.5, 0.6) is 0 Å². The third-order valence-corrected chi connectivity index (χ3v) is 7.43. The van der Waals surface area contributed by atoms with Crippen LogP contribution in [0.1, 0.15) is 15.4 Å². The van der Waals surface area contributed by atoms with Crippen molar-refractivity contribution in [1.82, 2.24) is 25.0 Å². The van der Waals surface area contributed by atoms with Crippen LogP contribution in [0.3, 0.4) is 0 Å². The maximum absolute atomic E-state index is 12.5. The maximum Gasteiger partial charge on any atom is 0.241 e. The number of hydrogen-bond acceptors (Lipinski definition) is 7. The minimum absolute atomic E-state index is 0. The average Bonchev–Trinajstić information content (AvgIpc) is 3.32. The van der Waals surface area contributed by atoms with E-state index in [9.17, 15) is 8.42 Å². The molecule has 12 heteroatoms. The molecule has 0 unspecified atom stereocenters. The summed E-state index contributed by atoms with van der Waals surface area (Å²) in [6, 6.07) is 3.60. The molecule has 1 aliphatic rings. The van der Waals surface area contributed by atoms with E-state index in [2.05, 4.69) is 30.0 Å². The van der Waals surface area contributed by atoms with E-state index in [0.717, 1.165) is 54.1 Å². The Labute approximate surface area is 199 Å². The van der Waals surface area contributed by atoms with E-state index in [1.165, 1.54) is 11.3 Å². The lowest BCUT2D eigenvalue weighted by Gasteiger charge is -2.36. The van der Waals surface area contributed by atoms with Crippen molar-refractivity contribution in [3.05, 3.63) is 33.8 Å². The van der Waals surface area contributed by atoms with Crippen molar-refractivity contribution in [2.45, 2.75) is 25.3 Å². The molecule has 2 aromatic rings. The third kappa shape index (κ3) is 6.64. The lowest BCUT2D eigenvalue weighted by molar-refractivity contribution is 0.169. The van der Waals surface area contributed by atoms with Crippen LogP contribution in [0.4, 0.5) is 0 Å². The summed E-state index contributed by atoms with van der Waals surface area (Å²) >= 11 is 1.49. The number of aryl methyl sites for hydroxylation is 2. The van der Waals surface area contributed by atoms with Gasteiger partial charge in [0.05, 0.1) is 10.6 Å². The van der Waals surface area contributed by atoms with Crippen LogP contribution in [0, 0.1) is 13.8 Å². The quantitative estimate of drug-likeness (QED) is 0.227. The van der Waals surface area contributed by atoms with E-state index in [1.54, 1.807) is 19.4 Å². The van der Waals surface area contributed by atoms with E-state index in [4.69, 9.17) is 4.52 Å². The van der Waals surface area contributed by atoms with Crippen molar-refractivity contribution in [3.8, 4) is 0 Å². The molecule has 1 fully saturated rings. The highest BCUT2D eigenvalue weighted by molar-refractivity contribution is 14.0. The van der Waals surface area contributed by atoms with Crippen LogP contribution in [0.2, 0.25) is 0 Å². The van der Waals surface area contributed by atoms with Crippen molar-refractivity contribution < 1.29 is 12.9 Å². The molecule has 0 aliphatic carbocycles. The van der Waals surface area contributed by atoms with Crippen molar-refractivity contribution in [2.75, 3.05) is 46.3 Å². The minimum Gasteiger partial charge on any atom is -0.364 e. The summed E-state index contributed by atoms with van der Waals surface area (Å²) in [6.07, 6.45) is 1.59. The number of piperazine rings is 1. The Morgan fingerprint density at radius 3 is 2.57 bits per heavy atom. The fraction of sp³-hybridized carbons (Fsp3) is 0.556. The molecule has 2 aromatic heterocycles. The predicted molar refractivity (Wildman–Crippen MR) is 129 cm³/mol. The molecule has 168 valence electrons. The number of hydrogen-bond donors (Lipinski definition) is 2. The van der Waals surface area contributed by atoms with E-state index in [-0.39, 0.29) is 24.0 Å². The zero-order chi connectivity index (χ0) is 20.9. The highest BCUT2D eigenvalue weighted by Gasteiger charge is 2.21. The number of nitrogens with one attached hydrogen (secondary N) is 2. The highest BCUT2D eigenvalue weighted by atomic mass is 127. The molecule has 0 aromatic carbocycles. The van der Waals surface area contributed by atoms with Gasteiger partial charge in [0.2, 0.25) is 10.0 Å². The largest absolute Gasteiger partial charge is 0.364 e. The molecular weight excluding hydrogens is 539 g/mol. The van der Waals surface area contributed by atoms with Crippen LogP contribution in [-0.2, 0) is 16.6 Å². The molecule has 0 atom stereocenters. The lowest BCUT2D eigenvalue weighted by Crippen LogP contribution is -2.53. The number of aliphatic imine (C=N–C) groups is 1. The molecule has 0 spiro atoms. The first-order valence-electron chi connectivity index (χ1n) is 9.53. The van der Waals surface area contributed by atoms with Gasteiger partial charge >= 0.3 is 0 Å². The molecule has 0 radical (unpaired) electrons. The van der Waals surface area contributed by atoms with Crippen molar-refractivity contribution >= 4 is 51.3 Å². The zero-order valence-electron chi connectivity index (χ0n) is 17.4. The Bertz CT molecular complexity index is 922. The number of aromatic nitrogens is 1. The molecule has 0 bridgehead atoms. The first-order valence-corrected chi connectivity index (χ1v) is 11.8. The second-order valence-electron chi connectivity index (χ2n) is 6.90. The fourth-order valence-corrected chi connectivity index (χ4v) is 5.89. The van der Waals surface area contributed by atoms with Crippen LogP contribution in [-0.4, -0.2) is 75.7 Å². The van der Waals surface area contributed by atoms with Gasteiger partial charge in [-0.05, 0) is 19.9 Å². The number of guanidine groups is 1. The van der Waals surface area contributed by atoms with E-state index < -0.39 is 10.0 Å². The van der Waals surface area contributed by atoms with Crippen LogP contribution < -0.4 is 10.0 Å². The molecule has 9 nitrogen and oxygen atoms in total. The maximum atomic E-state index is 12.5. The van der Waals surface area contributed by atoms with Gasteiger partial charge in [-0.2, -0.15) is 0 Å². The van der Waals surface area contributed by atoms with Gasteiger partial charge in [-0.3, -0.25) is 9.89 Å². The van der Waals surface area contributed by atoms with Gasteiger partial charge in [0, 0.05) is 68.7 Å². The third-order valence-electron chi connectivity index (χ3n) is 4.75. The Kier molecular flexibility index (Phi) is 9.53. The van der Waals surface area contributed by atoms with Gasteiger partial charge in [-0.1, -0.05) is 5.16 Å². The monoisotopic (exact) mass is 568 g/mol. The smallest absolute Gasteiger partial charge is 0.241 e.